The van der Waals surface area contributed by atoms with E-state index in [9.17, 15) is 38.8 Å². The van der Waals surface area contributed by atoms with E-state index in [1.54, 1.807) is 6.07 Å². The molecule has 0 saturated heterocycles. The van der Waals surface area contributed by atoms with Gasteiger partial charge in [0.25, 0.3) is 0 Å². The third kappa shape index (κ3) is 6.97. The number of halogens is 5. The summed E-state index contributed by atoms with van der Waals surface area (Å²) in [5, 5.41) is 0. The van der Waals surface area contributed by atoms with Crippen LogP contribution < -0.4 is 21.1 Å². The number of ether oxygens (including phenoxy) is 1. The molecule has 0 spiro atoms. The number of alkyl halides is 5. The van der Waals surface area contributed by atoms with E-state index in [1.165, 1.54) is 41.3 Å². The molecule has 17 heteroatoms. The lowest BCUT2D eigenvalue weighted by Gasteiger charge is -2.46. The quantitative estimate of drug-likeness (QED) is 0.354. The minimum atomic E-state index is -4.70. The Bertz CT molecular complexity index is 1700. The highest BCUT2D eigenvalue weighted by atomic mass is 32.2. The van der Waals surface area contributed by atoms with Crippen molar-refractivity contribution in [3.05, 3.63) is 65.9 Å². The van der Waals surface area contributed by atoms with Gasteiger partial charge in [-0.25, -0.2) is 26.7 Å². The van der Waals surface area contributed by atoms with Gasteiger partial charge in [0.05, 0.1) is 28.5 Å². The summed E-state index contributed by atoms with van der Waals surface area (Å²) in [6, 6.07) is 12.1. The van der Waals surface area contributed by atoms with Crippen LogP contribution in [0.4, 0.5) is 27.6 Å². The fraction of sp³-hybridized carbons (Fsp3) is 0.320. The molecule has 1 aliphatic heterocycles. The van der Waals surface area contributed by atoms with Crippen molar-refractivity contribution in [2.45, 2.75) is 41.6 Å². The van der Waals surface area contributed by atoms with E-state index < -0.39 is 62.1 Å². The van der Waals surface area contributed by atoms with Gasteiger partial charge in [0.2, 0.25) is 0 Å². The summed E-state index contributed by atoms with van der Waals surface area (Å²) < 4.78 is 119. The number of sulfone groups is 2. The molecule has 1 aliphatic rings. The molecule has 0 radical (unpaired) electrons. The maximum absolute atomic E-state index is 13.5. The maximum Gasteiger partial charge on any atom is 0.401 e. The zero-order valence-corrected chi connectivity index (χ0v) is 23.7. The van der Waals surface area contributed by atoms with Gasteiger partial charge in [-0.15, -0.1) is 0 Å². The molecular weight excluding hydrogens is 609 g/mol. The highest BCUT2D eigenvalue weighted by Crippen LogP contribution is 2.39. The first-order valence-corrected chi connectivity index (χ1v) is 15.8. The average molecular weight is 636 g/mol. The lowest BCUT2D eigenvalue weighted by atomic mass is 10.1. The molecule has 0 amide bonds. The monoisotopic (exact) mass is 635 g/mol. The summed E-state index contributed by atoms with van der Waals surface area (Å²) in [6.45, 7) is -4.90. The van der Waals surface area contributed by atoms with Crippen LogP contribution in [0.2, 0.25) is 0 Å². The van der Waals surface area contributed by atoms with Crippen LogP contribution >= 0.6 is 0 Å². The van der Waals surface area contributed by atoms with Gasteiger partial charge in [0, 0.05) is 24.6 Å². The smallest absolute Gasteiger partial charge is 0.401 e. The van der Waals surface area contributed by atoms with Crippen LogP contribution in [0.15, 0.2) is 64.4 Å². The summed E-state index contributed by atoms with van der Waals surface area (Å²) in [6.07, 6.45) is -5.73. The van der Waals surface area contributed by atoms with Crippen LogP contribution in [0.5, 0.6) is 5.75 Å². The number of nitrogens with two attached hydrogens (primary N) is 2. The van der Waals surface area contributed by atoms with E-state index in [0.717, 1.165) is 29.5 Å². The van der Waals surface area contributed by atoms with E-state index in [0.29, 0.717) is 5.56 Å². The molecule has 2 atom stereocenters. The maximum atomic E-state index is 13.5. The third-order valence-electron chi connectivity index (χ3n) is 6.40. The standard InChI is InChI=1S/C25H26F5N5O5S2/c1-41(36,37)16-5-3-4-14(10-16)12-34-18-8-7-17(33-21(18)22(31)35(24(34)32)13-25(28,29)30)15-6-9-19(40-23(26)27)20(11-15)42(2,38)39/h3-11,22-24H,12-13,31-32H2,1-2H3. The van der Waals surface area contributed by atoms with E-state index in [-0.39, 0.29) is 34.1 Å². The summed E-state index contributed by atoms with van der Waals surface area (Å²) in [5.41, 5.74) is 13.4. The van der Waals surface area contributed by atoms with Gasteiger partial charge in [0.1, 0.15) is 23.1 Å². The number of anilines is 1. The summed E-state index contributed by atoms with van der Waals surface area (Å²) >= 11 is 0. The van der Waals surface area contributed by atoms with Crippen molar-refractivity contribution in [3.63, 3.8) is 0 Å². The minimum absolute atomic E-state index is 0.00377. The Balaban J connectivity index is 1.83. The second-order valence-corrected chi connectivity index (χ2v) is 13.6. The van der Waals surface area contributed by atoms with Crippen molar-refractivity contribution in [3.8, 4) is 17.0 Å². The fourth-order valence-corrected chi connectivity index (χ4v) is 6.05. The first kappa shape index (κ1) is 31.6. The summed E-state index contributed by atoms with van der Waals surface area (Å²) in [4.78, 5) is 6.03. The van der Waals surface area contributed by atoms with Crippen LogP contribution in [-0.4, -0.2) is 64.9 Å². The number of pyridine rings is 1. The van der Waals surface area contributed by atoms with Crippen molar-refractivity contribution >= 4 is 25.4 Å². The SMILES string of the molecule is CS(=O)(=O)c1cccc(CN2c3ccc(-c4ccc(OC(F)F)c(S(C)(=O)=O)c4)nc3C(N)N(CC(F)(F)F)C2N)c1. The number of hydrogen-bond donors (Lipinski definition) is 2. The number of fused-ring (bicyclic) bond motifs is 1. The number of rotatable bonds is 8. The van der Waals surface area contributed by atoms with Gasteiger partial charge in [-0.2, -0.15) is 22.0 Å². The van der Waals surface area contributed by atoms with Crippen molar-refractivity contribution < 1.29 is 43.5 Å². The fourth-order valence-electron chi connectivity index (χ4n) is 4.53. The van der Waals surface area contributed by atoms with Crippen LogP contribution in [0.1, 0.15) is 17.4 Å². The predicted octanol–water partition coefficient (Wildman–Crippen LogP) is 3.24. The van der Waals surface area contributed by atoms with E-state index in [2.05, 4.69) is 9.72 Å². The molecule has 42 heavy (non-hydrogen) atoms. The number of hydrogen-bond acceptors (Lipinski definition) is 10. The van der Waals surface area contributed by atoms with Crippen molar-refractivity contribution in [1.29, 1.82) is 0 Å². The normalized spacial score (nSPS) is 18.3. The molecule has 0 aliphatic carbocycles. The Hall–Kier alpha value is -3.38. The van der Waals surface area contributed by atoms with E-state index in [1.807, 2.05) is 0 Å². The zero-order chi connectivity index (χ0) is 31.2. The third-order valence-corrected chi connectivity index (χ3v) is 8.63. The molecule has 2 aromatic carbocycles. The molecule has 0 fully saturated rings. The largest absolute Gasteiger partial charge is 0.433 e. The lowest BCUT2D eigenvalue weighted by molar-refractivity contribution is -0.158. The second kappa shape index (κ2) is 11.4. The van der Waals surface area contributed by atoms with E-state index in [4.69, 9.17) is 11.5 Å². The molecule has 228 valence electrons. The first-order valence-electron chi connectivity index (χ1n) is 12.0. The Morgan fingerprint density at radius 1 is 0.976 bits per heavy atom. The van der Waals surface area contributed by atoms with Gasteiger partial charge in [-0.3, -0.25) is 5.73 Å². The molecular formula is C25H26F5N5O5S2. The molecule has 2 heterocycles. The average Bonchev–Trinajstić information content (AvgIpc) is 2.87. The molecule has 3 aromatic rings. The molecule has 1 aromatic heterocycles. The molecule has 0 bridgehead atoms. The highest BCUT2D eigenvalue weighted by Gasteiger charge is 2.43. The Morgan fingerprint density at radius 3 is 2.26 bits per heavy atom. The van der Waals surface area contributed by atoms with Crippen LogP contribution in [0.25, 0.3) is 11.3 Å². The van der Waals surface area contributed by atoms with Gasteiger partial charge in [-0.05, 0) is 48.0 Å². The van der Waals surface area contributed by atoms with Crippen molar-refractivity contribution in [1.82, 2.24) is 9.88 Å². The number of aromatic nitrogens is 1. The summed E-state index contributed by atoms with van der Waals surface area (Å²) in [7, 11) is -7.62. The first-order chi connectivity index (χ1) is 19.3. The van der Waals surface area contributed by atoms with Gasteiger partial charge >= 0.3 is 12.8 Å². The molecule has 10 nitrogen and oxygen atoms in total. The molecule has 2 unspecified atom stereocenters. The highest BCUT2D eigenvalue weighted by molar-refractivity contribution is 7.91. The van der Waals surface area contributed by atoms with E-state index >= 15 is 0 Å². The number of benzene rings is 2. The molecule has 0 saturated carbocycles. The molecule has 4 rings (SSSR count). The van der Waals surface area contributed by atoms with Crippen LogP contribution in [0.3, 0.4) is 0 Å². The van der Waals surface area contributed by atoms with Crippen molar-refractivity contribution in [2.75, 3.05) is 24.0 Å². The predicted molar refractivity (Wildman–Crippen MR) is 143 cm³/mol. The topological polar surface area (TPSA) is 149 Å². The molecule has 4 N–H and O–H groups in total. The lowest BCUT2D eigenvalue weighted by Crippen LogP contribution is -2.62. The van der Waals surface area contributed by atoms with Gasteiger partial charge in [-0.1, -0.05) is 12.1 Å². The minimum Gasteiger partial charge on any atom is -0.433 e. The van der Waals surface area contributed by atoms with Crippen LogP contribution in [-0.2, 0) is 26.2 Å². The Morgan fingerprint density at radius 2 is 1.67 bits per heavy atom. The number of nitrogens with zero attached hydrogens (tertiary/aromatic N) is 3. The second-order valence-electron chi connectivity index (χ2n) is 9.61. The zero-order valence-electron chi connectivity index (χ0n) is 22.1. The van der Waals surface area contributed by atoms with Crippen LogP contribution in [0, 0.1) is 0 Å². The Labute approximate surface area is 238 Å². The van der Waals surface area contributed by atoms with Gasteiger partial charge < -0.3 is 15.4 Å². The Kier molecular flexibility index (Phi) is 8.54. The van der Waals surface area contributed by atoms with Gasteiger partial charge in [0.15, 0.2) is 19.7 Å². The summed E-state index contributed by atoms with van der Waals surface area (Å²) in [5.74, 6) is -0.587. The van der Waals surface area contributed by atoms with Crippen molar-refractivity contribution in [2.24, 2.45) is 11.5 Å².